The Morgan fingerprint density at radius 1 is 1.27 bits per heavy atom. The van der Waals surface area contributed by atoms with E-state index in [4.69, 9.17) is 16.3 Å². The molecule has 3 heterocycles. The molecule has 1 unspecified atom stereocenters. The first kappa shape index (κ1) is 17.5. The lowest BCUT2D eigenvalue weighted by molar-refractivity contribution is 0.102. The zero-order chi connectivity index (χ0) is 17.9. The predicted molar refractivity (Wildman–Crippen MR) is 101 cm³/mol. The maximum Gasteiger partial charge on any atom is 0.231 e. The average molecular weight is 408 g/mol. The molecular formula is C16H14ClN5O2S2. The van der Waals surface area contributed by atoms with Gasteiger partial charge in [0.15, 0.2) is 5.65 Å². The molecule has 26 heavy (non-hydrogen) atoms. The van der Waals surface area contributed by atoms with E-state index in [0.29, 0.717) is 29.0 Å². The Bertz CT molecular complexity index is 1040. The molecular weight excluding hydrogens is 394 g/mol. The predicted octanol–water partition coefficient (Wildman–Crippen LogP) is 3.25. The van der Waals surface area contributed by atoms with Crippen LogP contribution in [0.1, 0.15) is 6.42 Å². The number of nitrogens with zero attached hydrogens (tertiary/aromatic N) is 5. The van der Waals surface area contributed by atoms with Crippen LogP contribution in [-0.4, -0.2) is 48.5 Å². The number of aliphatic hydroxyl groups is 1. The van der Waals surface area contributed by atoms with Gasteiger partial charge in [0.05, 0.1) is 21.8 Å². The van der Waals surface area contributed by atoms with Gasteiger partial charge in [0.1, 0.15) is 6.61 Å². The minimum absolute atomic E-state index is 0.137. The molecule has 0 saturated carbocycles. The molecule has 7 nitrogen and oxygen atoms in total. The third-order valence-electron chi connectivity index (χ3n) is 3.59. The summed E-state index contributed by atoms with van der Waals surface area (Å²) in [6, 6.07) is 9.53. The molecule has 1 N–H and O–H groups in total. The maximum atomic E-state index is 9.73. The number of aliphatic hydroxyl groups excluding tert-OH is 1. The summed E-state index contributed by atoms with van der Waals surface area (Å²) in [4.78, 5) is 5.31. The van der Waals surface area contributed by atoms with Crippen molar-refractivity contribution in [2.75, 3.05) is 12.5 Å². The second-order valence-corrected chi connectivity index (χ2v) is 7.76. The van der Waals surface area contributed by atoms with Gasteiger partial charge in [0.25, 0.3) is 0 Å². The molecule has 10 heteroatoms. The number of benzene rings is 1. The first-order chi connectivity index (χ1) is 12.7. The summed E-state index contributed by atoms with van der Waals surface area (Å²) in [5.74, 6) is 0.776. The zero-order valence-electron chi connectivity index (χ0n) is 13.4. The highest BCUT2D eigenvalue weighted by Gasteiger charge is 2.12. The minimum atomic E-state index is -0.620. The summed E-state index contributed by atoms with van der Waals surface area (Å²) < 4.78 is 8.29. The maximum absolute atomic E-state index is 9.73. The molecule has 3 aromatic heterocycles. The Balaban J connectivity index is 1.55. The van der Waals surface area contributed by atoms with Crippen molar-refractivity contribution in [2.45, 2.75) is 22.6 Å². The van der Waals surface area contributed by atoms with Crippen molar-refractivity contribution in [3.05, 3.63) is 35.8 Å². The van der Waals surface area contributed by atoms with Crippen LogP contribution in [0.15, 0.2) is 45.9 Å². The number of aromatic nitrogens is 5. The fourth-order valence-electron chi connectivity index (χ4n) is 2.29. The van der Waals surface area contributed by atoms with Crippen LogP contribution in [-0.2, 0) is 0 Å². The van der Waals surface area contributed by atoms with Gasteiger partial charge in [-0.3, -0.25) is 0 Å². The van der Waals surface area contributed by atoms with E-state index in [1.54, 1.807) is 28.0 Å². The van der Waals surface area contributed by atoms with Crippen molar-refractivity contribution in [2.24, 2.45) is 0 Å². The fraction of sp³-hybridized carbons (Fsp3) is 0.250. The second-order valence-electron chi connectivity index (χ2n) is 5.45. The lowest BCUT2D eigenvalue weighted by Gasteiger charge is -2.10. The number of halogens is 1. The van der Waals surface area contributed by atoms with E-state index in [1.165, 1.54) is 11.8 Å². The minimum Gasteiger partial charge on any atom is -0.474 e. The van der Waals surface area contributed by atoms with Crippen molar-refractivity contribution in [3.8, 4) is 5.88 Å². The summed E-state index contributed by atoms with van der Waals surface area (Å²) in [6.07, 6.45) is -0.150. The summed E-state index contributed by atoms with van der Waals surface area (Å²) in [5, 5.41) is 23.1. The van der Waals surface area contributed by atoms with Crippen molar-refractivity contribution < 1.29 is 9.84 Å². The summed E-state index contributed by atoms with van der Waals surface area (Å²) in [7, 11) is 0. The molecule has 0 bridgehead atoms. The topological polar surface area (TPSA) is 85.4 Å². The third-order valence-corrected chi connectivity index (χ3v) is 5.52. The Morgan fingerprint density at radius 2 is 2.19 bits per heavy atom. The lowest BCUT2D eigenvalue weighted by Crippen LogP contribution is -2.18. The van der Waals surface area contributed by atoms with Crippen LogP contribution < -0.4 is 4.74 Å². The number of hydrogen-bond donors (Lipinski definition) is 1. The molecule has 0 spiro atoms. The molecule has 0 radical (unpaired) electrons. The van der Waals surface area contributed by atoms with Gasteiger partial charge in [-0.2, -0.15) is 4.52 Å². The highest BCUT2D eigenvalue weighted by atomic mass is 35.5. The van der Waals surface area contributed by atoms with Gasteiger partial charge in [-0.05, 0) is 42.4 Å². The van der Waals surface area contributed by atoms with Gasteiger partial charge >= 0.3 is 0 Å². The number of alkyl halides is 1. The van der Waals surface area contributed by atoms with E-state index < -0.39 is 6.10 Å². The highest BCUT2D eigenvalue weighted by molar-refractivity contribution is 7.99. The van der Waals surface area contributed by atoms with E-state index in [-0.39, 0.29) is 6.61 Å². The smallest absolute Gasteiger partial charge is 0.231 e. The summed E-state index contributed by atoms with van der Waals surface area (Å²) >= 11 is 8.67. The van der Waals surface area contributed by atoms with Crippen LogP contribution in [0.3, 0.4) is 0 Å². The standard InChI is InChI=1S/C16H14ClN5O2S2/c17-6-5-10(23)8-24-15-4-3-14-19-20-16(22(14)21-15)26-11-1-2-12-13(7-11)25-9-18-12/h1-4,7,9-10,23H,5-6,8H2. The number of ether oxygens (including phenoxy) is 1. The average Bonchev–Trinajstić information content (AvgIpc) is 3.27. The molecule has 0 amide bonds. The van der Waals surface area contributed by atoms with Crippen LogP contribution >= 0.6 is 34.7 Å². The largest absolute Gasteiger partial charge is 0.474 e. The number of hydrogen-bond acceptors (Lipinski definition) is 8. The Kier molecular flexibility index (Phi) is 5.21. The molecule has 0 aliphatic heterocycles. The number of thiazole rings is 1. The Labute approximate surface area is 162 Å². The zero-order valence-corrected chi connectivity index (χ0v) is 15.8. The van der Waals surface area contributed by atoms with E-state index in [0.717, 1.165) is 15.1 Å². The van der Waals surface area contributed by atoms with Crippen LogP contribution in [0.2, 0.25) is 0 Å². The molecule has 1 atom stereocenters. The first-order valence-electron chi connectivity index (χ1n) is 7.83. The molecule has 4 rings (SSSR count). The summed E-state index contributed by atoms with van der Waals surface area (Å²) in [6.45, 7) is 0.137. The van der Waals surface area contributed by atoms with Crippen molar-refractivity contribution in [1.29, 1.82) is 0 Å². The molecule has 0 saturated heterocycles. The van der Waals surface area contributed by atoms with Gasteiger partial charge in [-0.15, -0.1) is 38.2 Å². The van der Waals surface area contributed by atoms with Gasteiger partial charge in [0.2, 0.25) is 11.0 Å². The fourth-order valence-corrected chi connectivity index (χ4v) is 4.16. The van der Waals surface area contributed by atoms with Gasteiger partial charge in [-0.25, -0.2) is 4.98 Å². The molecule has 4 aromatic rings. The van der Waals surface area contributed by atoms with Gasteiger partial charge < -0.3 is 9.84 Å². The van der Waals surface area contributed by atoms with Crippen LogP contribution in [0.4, 0.5) is 0 Å². The Hall–Kier alpha value is -1.94. The van der Waals surface area contributed by atoms with Crippen LogP contribution in [0.5, 0.6) is 5.88 Å². The first-order valence-corrected chi connectivity index (χ1v) is 10.1. The molecule has 0 aliphatic rings. The van der Waals surface area contributed by atoms with Gasteiger partial charge in [0, 0.05) is 16.8 Å². The second kappa shape index (κ2) is 7.75. The quantitative estimate of drug-likeness (QED) is 0.470. The van der Waals surface area contributed by atoms with E-state index in [9.17, 15) is 5.11 Å². The van der Waals surface area contributed by atoms with E-state index >= 15 is 0 Å². The Morgan fingerprint density at radius 3 is 3.08 bits per heavy atom. The SMILES string of the molecule is OC(CCCl)COc1ccc2nnc(Sc3ccc4ncsc4c3)n2n1. The van der Waals surface area contributed by atoms with Crippen molar-refractivity contribution in [3.63, 3.8) is 0 Å². The molecule has 0 fully saturated rings. The lowest BCUT2D eigenvalue weighted by atomic mass is 10.3. The number of fused-ring (bicyclic) bond motifs is 2. The monoisotopic (exact) mass is 407 g/mol. The van der Waals surface area contributed by atoms with E-state index in [2.05, 4.69) is 26.3 Å². The molecule has 1 aromatic carbocycles. The van der Waals surface area contributed by atoms with E-state index in [1.807, 2.05) is 17.6 Å². The van der Waals surface area contributed by atoms with Gasteiger partial charge in [-0.1, -0.05) is 0 Å². The normalized spacial score (nSPS) is 12.7. The van der Waals surface area contributed by atoms with Crippen molar-refractivity contribution >= 4 is 50.6 Å². The highest BCUT2D eigenvalue weighted by Crippen LogP contribution is 2.30. The summed E-state index contributed by atoms with van der Waals surface area (Å²) in [5.41, 5.74) is 3.44. The number of rotatable bonds is 7. The van der Waals surface area contributed by atoms with Crippen molar-refractivity contribution in [1.82, 2.24) is 24.8 Å². The third kappa shape index (κ3) is 3.75. The van der Waals surface area contributed by atoms with Crippen LogP contribution in [0.25, 0.3) is 15.9 Å². The molecule has 0 aliphatic carbocycles. The molecule has 134 valence electrons. The van der Waals surface area contributed by atoms with Crippen LogP contribution in [0, 0.1) is 0 Å².